The number of anilines is 1. The highest BCUT2D eigenvalue weighted by atomic mass is 16.5. The molecule has 27 heavy (non-hydrogen) atoms. The van der Waals surface area contributed by atoms with Crippen LogP contribution in [0.3, 0.4) is 0 Å². The molecule has 0 N–H and O–H groups in total. The Morgan fingerprint density at radius 1 is 1.00 bits per heavy atom. The van der Waals surface area contributed by atoms with E-state index in [9.17, 15) is 0 Å². The lowest BCUT2D eigenvalue weighted by Crippen LogP contribution is -2.52. The van der Waals surface area contributed by atoms with Crippen molar-refractivity contribution in [1.29, 1.82) is 0 Å². The van der Waals surface area contributed by atoms with E-state index >= 15 is 0 Å². The third-order valence-electron chi connectivity index (χ3n) is 5.55. The van der Waals surface area contributed by atoms with Gasteiger partial charge in [-0.3, -0.25) is 0 Å². The molecule has 0 fully saturated rings. The number of rotatable bonds is 6. The Kier molecular flexibility index (Phi) is 5.80. The average molecular weight is 372 g/mol. The van der Waals surface area contributed by atoms with Crippen LogP contribution in [0.4, 0.5) is 5.69 Å². The Balaban J connectivity index is 2.26. The van der Waals surface area contributed by atoms with Gasteiger partial charge in [0, 0.05) is 44.7 Å². The van der Waals surface area contributed by atoms with Crippen molar-refractivity contribution in [1.82, 2.24) is 0 Å². The monoisotopic (exact) mass is 371 g/mol. The average Bonchev–Trinajstić information content (AvgIpc) is 2.62. The summed E-state index contributed by atoms with van der Waals surface area (Å²) in [6.07, 6.45) is 4.14. The summed E-state index contributed by atoms with van der Waals surface area (Å²) in [6.45, 7) is 8.72. The highest BCUT2D eigenvalue weighted by Crippen LogP contribution is 2.51. The van der Waals surface area contributed by atoms with Crippen LogP contribution in [0.5, 0.6) is 0 Å². The van der Waals surface area contributed by atoms with E-state index in [-0.39, 0.29) is 11.0 Å². The van der Waals surface area contributed by atoms with Gasteiger partial charge < -0.3 is 19.1 Å². The molecule has 1 aromatic rings. The van der Waals surface area contributed by atoms with Crippen molar-refractivity contribution in [2.24, 2.45) is 5.41 Å². The van der Waals surface area contributed by atoms with Crippen molar-refractivity contribution >= 4 is 5.69 Å². The molecular formula is C23H33NO3. The maximum absolute atomic E-state index is 5.73. The highest BCUT2D eigenvalue weighted by Gasteiger charge is 2.47. The lowest BCUT2D eigenvalue weighted by atomic mass is 9.70. The number of para-hydroxylation sites is 1. The predicted molar refractivity (Wildman–Crippen MR) is 110 cm³/mol. The van der Waals surface area contributed by atoms with Crippen LogP contribution in [0.25, 0.3) is 0 Å². The van der Waals surface area contributed by atoms with Crippen LogP contribution in [0.2, 0.25) is 0 Å². The lowest BCUT2D eigenvalue weighted by Gasteiger charge is -2.52. The van der Waals surface area contributed by atoms with Gasteiger partial charge in [0.25, 0.3) is 0 Å². The minimum absolute atomic E-state index is 0.0701. The Hall–Kier alpha value is -1.62. The smallest absolute Gasteiger partial charge is 0.0713 e. The maximum atomic E-state index is 5.73. The largest absolute Gasteiger partial charge is 0.384 e. The number of allylic oxidation sites excluding steroid dienone is 1. The topological polar surface area (TPSA) is 30.9 Å². The summed E-state index contributed by atoms with van der Waals surface area (Å²) in [5, 5.41) is 0. The summed E-state index contributed by atoms with van der Waals surface area (Å²) < 4.78 is 17.0. The second-order valence-electron chi connectivity index (χ2n) is 8.65. The molecule has 1 aromatic carbocycles. The number of benzene rings is 1. The second-order valence-corrected chi connectivity index (χ2v) is 8.65. The molecule has 1 heterocycles. The molecule has 3 rings (SSSR count). The molecule has 1 aliphatic carbocycles. The van der Waals surface area contributed by atoms with Crippen molar-refractivity contribution in [3.63, 3.8) is 0 Å². The van der Waals surface area contributed by atoms with Crippen molar-refractivity contribution in [3.8, 4) is 0 Å². The third kappa shape index (κ3) is 3.58. The Morgan fingerprint density at radius 3 is 2.26 bits per heavy atom. The first-order valence-electron chi connectivity index (χ1n) is 9.66. The van der Waals surface area contributed by atoms with Gasteiger partial charge in [-0.25, -0.2) is 0 Å². The van der Waals surface area contributed by atoms with Crippen molar-refractivity contribution in [2.75, 3.05) is 46.0 Å². The zero-order valence-corrected chi connectivity index (χ0v) is 17.6. The number of hydrogen-bond acceptors (Lipinski definition) is 4. The predicted octanol–water partition coefficient (Wildman–Crippen LogP) is 4.36. The van der Waals surface area contributed by atoms with E-state index in [0.717, 1.165) is 12.8 Å². The molecule has 0 saturated carbocycles. The Bertz CT molecular complexity index is 736. The van der Waals surface area contributed by atoms with Crippen molar-refractivity contribution in [3.05, 3.63) is 52.7 Å². The molecule has 0 atom stereocenters. The number of methoxy groups -OCH3 is 3. The first-order chi connectivity index (χ1) is 12.9. The standard InChI is InChI=1S/C23H33NO3/c1-22(2,3)24-20-10-8-7-9-17(20)13-19-18(14-25-4)11-12-23(15-26-5,16-27-6)21(19)24/h7-11H,12-16H2,1-6H3. The molecule has 0 radical (unpaired) electrons. The SMILES string of the molecule is COCC1=CCC(COC)(COC)C2=C1Cc1ccccc1N2C(C)(C)C. The zero-order chi connectivity index (χ0) is 19.7. The molecule has 0 unspecified atom stereocenters. The molecular weight excluding hydrogens is 338 g/mol. The summed E-state index contributed by atoms with van der Waals surface area (Å²) in [4.78, 5) is 2.52. The van der Waals surface area contributed by atoms with Gasteiger partial charge in [0.05, 0.1) is 25.2 Å². The molecule has 0 bridgehead atoms. The summed E-state index contributed by atoms with van der Waals surface area (Å²) >= 11 is 0. The fourth-order valence-electron chi connectivity index (χ4n) is 4.62. The van der Waals surface area contributed by atoms with Crippen LogP contribution in [0.1, 0.15) is 32.8 Å². The quantitative estimate of drug-likeness (QED) is 0.743. The first kappa shape index (κ1) is 20.1. The van der Waals surface area contributed by atoms with Gasteiger partial charge in [-0.05, 0) is 50.0 Å². The van der Waals surface area contributed by atoms with Crippen LogP contribution in [0, 0.1) is 5.41 Å². The van der Waals surface area contributed by atoms with Gasteiger partial charge in [-0.15, -0.1) is 0 Å². The Morgan fingerprint density at radius 2 is 1.67 bits per heavy atom. The van der Waals surface area contributed by atoms with Crippen LogP contribution in [-0.2, 0) is 20.6 Å². The molecule has 0 aromatic heterocycles. The Labute approximate surface area is 163 Å². The molecule has 0 spiro atoms. The molecule has 148 valence electrons. The maximum Gasteiger partial charge on any atom is 0.0713 e. The molecule has 1 aliphatic heterocycles. The number of nitrogens with zero attached hydrogens (tertiary/aromatic N) is 1. The van der Waals surface area contributed by atoms with E-state index in [2.05, 4.69) is 56.0 Å². The molecule has 2 aliphatic rings. The van der Waals surface area contributed by atoms with Crippen LogP contribution in [0.15, 0.2) is 47.2 Å². The van der Waals surface area contributed by atoms with E-state index in [1.54, 1.807) is 21.3 Å². The van der Waals surface area contributed by atoms with Gasteiger partial charge in [-0.2, -0.15) is 0 Å². The number of ether oxygens (including phenoxy) is 3. The van der Waals surface area contributed by atoms with Gasteiger partial charge in [0.1, 0.15) is 0 Å². The van der Waals surface area contributed by atoms with E-state index in [1.807, 2.05) is 0 Å². The van der Waals surface area contributed by atoms with Gasteiger partial charge in [0.2, 0.25) is 0 Å². The minimum Gasteiger partial charge on any atom is -0.384 e. The van der Waals surface area contributed by atoms with E-state index in [0.29, 0.717) is 19.8 Å². The van der Waals surface area contributed by atoms with E-state index in [4.69, 9.17) is 14.2 Å². The van der Waals surface area contributed by atoms with Crippen molar-refractivity contribution < 1.29 is 14.2 Å². The normalized spacial score (nSPS) is 18.9. The highest BCUT2D eigenvalue weighted by molar-refractivity contribution is 5.69. The fourth-order valence-corrected chi connectivity index (χ4v) is 4.62. The third-order valence-corrected chi connectivity index (χ3v) is 5.55. The summed E-state index contributed by atoms with van der Waals surface area (Å²) in [7, 11) is 5.33. The first-order valence-corrected chi connectivity index (χ1v) is 9.66. The zero-order valence-electron chi connectivity index (χ0n) is 17.6. The summed E-state index contributed by atoms with van der Waals surface area (Å²) in [5.41, 5.74) is 6.38. The van der Waals surface area contributed by atoms with Gasteiger partial charge >= 0.3 is 0 Å². The van der Waals surface area contributed by atoms with E-state index in [1.165, 1.54) is 28.1 Å². The summed E-state index contributed by atoms with van der Waals surface area (Å²) in [6, 6.07) is 8.74. The van der Waals surface area contributed by atoms with Crippen LogP contribution in [-0.4, -0.2) is 46.7 Å². The fraction of sp³-hybridized carbons (Fsp3) is 0.565. The molecule has 0 saturated heterocycles. The van der Waals surface area contributed by atoms with Gasteiger partial charge in [-0.1, -0.05) is 24.3 Å². The van der Waals surface area contributed by atoms with Crippen molar-refractivity contribution in [2.45, 2.75) is 39.2 Å². The molecule has 4 nitrogen and oxygen atoms in total. The summed E-state index contributed by atoms with van der Waals surface area (Å²) in [5.74, 6) is 0. The second kappa shape index (κ2) is 7.78. The van der Waals surface area contributed by atoms with Crippen LogP contribution < -0.4 is 4.90 Å². The molecule has 4 heteroatoms. The van der Waals surface area contributed by atoms with E-state index < -0.39 is 0 Å². The number of hydrogen-bond donors (Lipinski definition) is 0. The van der Waals surface area contributed by atoms with Gasteiger partial charge in [0.15, 0.2) is 0 Å². The lowest BCUT2D eigenvalue weighted by molar-refractivity contribution is 0.0297. The minimum atomic E-state index is -0.198. The number of fused-ring (bicyclic) bond motifs is 1. The van der Waals surface area contributed by atoms with Crippen LogP contribution >= 0.6 is 0 Å². The molecule has 0 amide bonds.